The summed E-state index contributed by atoms with van der Waals surface area (Å²) in [5, 5.41) is 0. The van der Waals surface area contributed by atoms with Crippen LogP contribution in [-0.4, -0.2) is 5.91 Å². The number of fused-ring (bicyclic) bond motifs is 4. The van der Waals surface area contributed by atoms with Gasteiger partial charge in [0.25, 0.3) is 0 Å². The van der Waals surface area contributed by atoms with E-state index in [0.717, 1.165) is 24.7 Å². The maximum atomic E-state index is 10.2. The van der Waals surface area contributed by atoms with Crippen LogP contribution in [0.3, 0.4) is 0 Å². The molecule has 3 atom stereocenters. The van der Waals surface area contributed by atoms with Gasteiger partial charge in [-0.1, -0.05) is 51.2 Å². The maximum Gasteiger partial charge on any atom is 0.217 e. The van der Waals surface area contributed by atoms with E-state index in [1.165, 1.54) is 77.0 Å². The van der Waals surface area contributed by atoms with Crippen molar-refractivity contribution in [2.75, 3.05) is 0 Å². The Morgan fingerprint density at radius 1 is 1.11 bits per heavy atom. The normalized spacial score (nSPS) is 31.9. The first-order chi connectivity index (χ1) is 13.0. The van der Waals surface area contributed by atoms with Crippen LogP contribution in [-0.2, 0) is 4.79 Å². The number of rotatable bonds is 5. The number of hydrogen-bond acceptors (Lipinski definition) is 1. The van der Waals surface area contributed by atoms with E-state index < -0.39 is 0 Å². The minimum Gasteiger partial charge on any atom is -0.370 e. The Morgan fingerprint density at radius 2 is 1.96 bits per heavy atom. The van der Waals surface area contributed by atoms with Gasteiger partial charge in [0.2, 0.25) is 5.91 Å². The Bertz CT molecular complexity index is 587. The zero-order valence-corrected chi connectivity index (χ0v) is 17.8. The minimum absolute atomic E-state index is 0.175. The van der Waals surface area contributed by atoms with Crippen LogP contribution >= 0.6 is 0 Å². The Hall–Kier alpha value is -1.05. The largest absolute Gasteiger partial charge is 0.370 e. The van der Waals surface area contributed by atoms with Gasteiger partial charge in [-0.15, -0.1) is 0 Å². The van der Waals surface area contributed by atoms with Crippen molar-refractivity contribution in [3.63, 3.8) is 0 Å². The van der Waals surface area contributed by atoms with Crippen molar-refractivity contribution in [2.45, 2.75) is 110 Å². The van der Waals surface area contributed by atoms with E-state index in [9.17, 15) is 4.79 Å². The quantitative estimate of drug-likeness (QED) is 0.528. The van der Waals surface area contributed by atoms with Gasteiger partial charge in [0.05, 0.1) is 0 Å². The molecule has 2 saturated carbocycles. The second-order valence-electron chi connectivity index (χ2n) is 9.70. The molecule has 4 aliphatic carbocycles. The molecule has 0 heterocycles. The Balaban J connectivity index is 0.000000201. The van der Waals surface area contributed by atoms with Crippen molar-refractivity contribution in [3.8, 4) is 0 Å². The first kappa shape index (κ1) is 20.7. The summed E-state index contributed by atoms with van der Waals surface area (Å²) in [6.45, 7) is 4.74. The first-order valence-electron chi connectivity index (χ1n) is 11.7. The van der Waals surface area contributed by atoms with Gasteiger partial charge in [-0.2, -0.15) is 0 Å². The fourth-order valence-corrected chi connectivity index (χ4v) is 6.35. The first-order valence-corrected chi connectivity index (χ1v) is 11.7. The lowest BCUT2D eigenvalue weighted by molar-refractivity contribution is -0.118. The number of primary amides is 1. The molecule has 2 nitrogen and oxygen atoms in total. The molecule has 0 spiro atoms. The average Bonchev–Trinajstić information content (AvgIpc) is 3.07. The van der Waals surface area contributed by atoms with E-state index in [-0.39, 0.29) is 5.91 Å². The fraction of sp³-hybridized carbons (Fsp3) is 0.800. The zero-order chi connectivity index (χ0) is 19.3. The topological polar surface area (TPSA) is 43.1 Å². The van der Waals surface area contributed by atoms with E-state index >= 15 is 0 Å². The van der Waals surface area contributed by atoms with Crippen LogP contribution in [0, 0.1) is 17.3 Å². The number of carbonyl (C=O) groups is 1. The van der Waals surface area contributed by atoms with Crippen molar-refractivity contribution < 1.29 is 4.79 Å². The van der Waals surface area contributed by atoms with Gasteiger partial charge in [0.15, 0.2) is 0 Å². The van der Waals surface area contributed by atoms with E-state index in [0.29, 0.717) is 11.8 Å². The third-order valence-electron chi connectivity index (χ3n) is 7.86. The third kappa shape index (κ3) is 4.87. The molecule has 2 N–H and O–H groups in total. The standard InChI is InChI=1S/C18H26.C7H15NO/c1-18-11-4-7-17(18)16-9-8-13-5-2-3-6-14(13)15(16)10-12-18;1-2-3-4-5-6-7(8)9/h5,16-17H,2-4,6-12H2,1H3;2-6H2,1H3,(H2,8,9)/t16-,17+,18+;/m1./s1. The summed E-state index contributed by atoms with van der Waals surface area (Å²) in [5.41, 5.74) is 11.2. The summed E-state index contributed by atoms with van der Waals surface area (Å²) in [4.78, 5) is 10.2. The van der Waals surface area contributed by atoms with Gasteiger partial charge in [0, 0.05) is 6.42 Å². The van der Waals surface area contributed by atoms with Crippen molar-refractivity contribution in [3.05, 3.63) is 22.8 Å². The molecule has 0 aromatic heterocycles. The molecule has 2 fully saturated rings. The summed E-state index contributed by atoms with van der Waals surface area (Å²) < 4.78 is 0. The number of allylic oxidation sites excluding steroid dienone is 4. The Labute approximate surface area is 167 Å². The molecule has 27 heavy (non-hydrogen) atoms. The summed E-state index contributed by atoms with van der Waals surface area (Å²) in [7, 11) is 0. The lowest BCUT2D eigenvalue weighted by atomic mass is 9.58. The number of nitrogens with two attached hydrogens (primary N) is 1. The van der Waals surface area contributed by atoms with Crippen LogP contribution < -0.4 is 5.73 Å². The Morgan fingerprint density at radius 3 is 2.74 bits per heavy atom. The molecule has 4 rings (SSSR count). The summed E-state index contributed by atoms with van der Waals surface area (Å²) in [6, 6.07) is 0. The van der Waals surface area contributed by atoms with E-state index in [2.05, 4.69) is 19.9 Å². The smallest absolute Gasteiger partial charge is 0.217 e. The number of carbonyl (C=O) groups excluding carboxylic acids is 1. The molecular weight excluding hydrogens is 330 g/mol. The van der Waals surface area contributed by atoms with Crippen LogP contribution in [0.4, 0.5) is 0 Å². The van der Waals surface area contributed by atoms with Gasteiger partial charge >= 0.3 is 0 Å². The molecule has 1 amide bonds. The molecule has 0 aromatic rings. The molecule has 0 bridgehead atoms. The maximum absolute atomic E-state index is 10.2. The summed E-state index contributed by atoms with van der Waals surface area (Å²) >= 11 is 0. The molecule has 0 aromatic carbocycles. The monoisotopic (exact) mass is 371 g/mol. The van der Waals surface area contributed by atoms with Gasteiger partial charge in [-0.3, -0.25) is 4.79 Å². The summed E-state index contributed by atoms with van der Waals surface area (Å²) in [6.07, 6.45) is 22.1. The van der Waals surface area contributed by atoms with Gasteiger partial charge < -0.3 is 5.73 Å². The second-order valence-corrected chi connectivity index (χ2v) is 9.70. The highest BCUT2D eigenvalue weighted by Gasteiger charge is 2.48. The number of amides is 1. The van der Waals surface area contributed by atoms with Crippen molar-refractivity contribution in [1.29, 1.82) is 0 Å². The molecule has 0 unspecified atom stereocenters. The molecule has 152 valence electrons. The molecule has 0 saturated heterocycles. The van der Waals surface area contributed by atoms with Crippen molar-refractivity contribution in [2.24, 2.45) is 23.0 Å². The van der Waals surface area contributed by atoms with Crippen LogP contribution in [0.25, 0.3) is 0 Å². The SMILES string of the molecule is CCCCCCC(N)=O.C[C@@]12CCC[C@H]1[C@@H]1CCC3=CCCCC3=C1CC2. The van der Waals surface area contributed by atoms with Gasteiger partial charge in [-0.25, -0.2) is 0 Å². The molecule has 0 aliphatic heterocycles. The number of unbranched alkanes of at least 4 members (excludes halogenated alkanes) is 3. The lowest BCUT2D eigenvalue weighted by Gasteiger charge is -2.47. The van der Waals surface area contributed by atoms with E-state index in [1.54, 1.807) is 5.57 Å². The molecule has 4 aliphatic rings. The van der Waals surface area contributed by atoms with Crippen molar-refractivity contribution in [1.82, 2.24) is 0 Å². The van der Waals surface area contributed by atoms with E-state index in [4.69, 9.17) is 5.73 Å². The third-order valence-corrected chi connectivity index (χ3v) is 7.86. The minimum atomic E-state index is -0.175. The van der Waals surface area contributed by atoms with Crippen LogP contribution in [0.5, 0.6) is 0 Å². The van der Waals surface area contributed by atoms with Crippen molar-refractivity contribution >= 4 is 5.91 Å². The van der Waals surface area contributed by atoms with Gasteiger partial charge in [0.1, 0.15) is 0 Å². The fourth-order valence-electron chi connectivity index (χ4n) is 6.35. The van der Waals surface area contributed by atoms with Crippen LogP contribution in [0.15, 0.2) is 22.8 Å². The van der Waals surface area contributed by atoms with Gasteiger partial charge in [-0.05, 0) is 92.6 Å². The molecule has 0 radical (unpaired) electrons. The lowest BCUT2D eigenvalue weighted by Crippen LogP contribution is -2.36. The molecule has 2 heteroatoms. The van der Waals surface area contributed by atoms with Crippen LogP contribution in [0.1, 0.15) is 110 Å². The predicted molar refractivity (Wildman–Crippen MR) is 114 cm³/mol. The highest BCUT2D eigenvalue weighted by Crippen LogP contribution is 2.59. The second kappa shape index (κ2) is 9.43. The van der Waals surface area contributed by atoms with Crippen LogP contribution in [0.2, 0.25) is 0 Å². The predicted octanol–water partition coefficient (Wildman–Crippen LogP) is 6.85. The average molecular weight is 372 g/mol. The highest BCUT2D eigenvalue weighted by atomic mass is 16.1. The number of hydrogen-bond donors (Lipinski definition) is 1. The van der Waals surface area contributed by atoms with E-state index in [1.807, 2.05) is 11.1 Å². The molecular formula is C25H41NO. The summed E-state index contributed by atoms with van der Waals surface area (Å²) in [5.74, 6) is 1.85. The Kier molecular flexibility index (Phi) is 7.22. The zero-order valence-electron chi connectivity index (χ0n) is 17.8. The highest BCUT2D eigenvalue weighted by molar-refractivity contribution is 5.73.